The molecule has 158 valence electrons. The van der Waals surface area contributed by atoms with Crippen LogP contribution in [0, 0.1) is 18.6 Å². The highest BCUT2D eigenvalue weighted by Crippen LogP contribution is 2.40. The Labute approximate surface area is 174 Å². The highest BCUT2D eigenvalue weighted by molar-refractivity contribution is 5.38. The first-order valence-electron chi connectivity index (χ1n) is 9.87. The molecule has 0 bridgehead atoms. The Morgan fingerprint density at radius 1 is 1.13 bits per heavy atom. The van der Waals surface area contributed by atoms with Crippen molar-refractivity contribution < 1.29 is 23.0 Å². The molecule has 0 radical (unpaired) electrons. The fraction of sp³-hybridized carbons (Fsp3) is 0.348. The molecule has 0 atom stereocenters. The zero-order valence-corrected chi connectivity index (χ0v) is 17.0. The number of halogens is 2. The van der Waals surface area contributed by atoms with Crippen molar-refractivity contribution in [2.24, 2.45) is 0 Å². The number of rotatable bonds is 6. The van der Waals surface area contributed by atoms with Gasteiger partial charge < -0.3 is 18.8 Å². The largest absolute Gasteiger partial charge is 0.486 e. The van der Waals surface area contributed by atoms with Crippen molar-refractivity contribution in [3.05, 3.63) is 77.4 Å². The molecule has 1 aliphatic heterocycles. The number of hydrogen-bond donors (Lipinski definition) is 0. The van der Waals surface area contributed by atoms with Gasteiger partial charge in [-0.15, -0.1) is 0 Å². The molecule has 0 N–H and O–H groups in total. The van der Waals surface area contributed by atoms with Crippen LogP contribution in [0.4, 0.5) is 8.78 Å². The van der Waals surface area contributed by atoms with E-state index in [1.807, 2.05) is 42.0 Å². The third kappa shape index (κ3) is 3.95. The summed E-state index contributed by atoms with van der Waals surface area (Å²) < 4.78 is 48.2. The average molecular weight is 414 g/mol. The molecule has 1 aliphatic rings. The second kappa shape index (κ2) is 8.53. The molecule has 3 aromatic rings. The Bertz CT molecular complexity index is 1010. The van der Waals surface area contributed by atoms with Gasteiger partial charge in [-0.25, -0.2) is 13.8 Å². The summed E-state index contributed by atoms with van der Waals surface area (Å²) in [7, 11) is 1.51. The quantitative estimate of drug-likeness (QED) is 0.587. The molecule has 0 saturated carbocycles. The highest BCUT2D eigenvalue weighted by atomic mass is 19.1. The molecule has 5 nitrogen and oxygen atoms in total. The number of methoxy groups -OCH3 is 1. The maximum atomic E-state index is 15.2. The van der Waals surface area contributed by atoms with E-state index in [4.69, 9.17) is 14.2 Å². The van der Waals surface area contributed by atoms with Crippen molar-refractivity contribution in [2.75, 3.05) is 20.3 Å². The minimum absolute atomic E-state index is 0.117. The number of hydrogen-bond acceptors (Lipinski definition) is 4. The van der Waals surface area contributed by atoms with Gasteiger partial charge in [0, 0.05) is 62.9 Å². The Kier molecular flexibility index (Phi) is 5.83. The van der Waals surface area contributed by atoms with Crippen LogP contribution in [0.2, 0.25) is 0 Å². The third-order valence-corrected chi connectivity index (χ3v) is 5.62. The SMILES string of the molecule is COC1(c2cc(F)cc(OCc3ccc(-n4ccnc4C)cc3)c2F)CCOCC1. The van der Waals surface area contributed by atoms with Crippen molar-refractivity contribution in [3.8, 4) is 11.4 Å². The fourth-order valence-electron chi connectivity index (χ4n) is 3.85. The molecule has 1 saturated heterocycles. The molecule has 0 aliphatic carbocycles. The molecule has 0 unspecified atom stereocenters. The van der Waals surface area contributed by atoms with Crippen LogP contribution < -0.4 is 4.74 Å². The van der Waals surface area contributed by atoms with E-state index < -0.39 is 17.2 Å². The number of aryl methyl sites for hydroxylation is 1. The summed E-state index contributed by atoms with van der Waals surface area (Å²) in [5.41, 5.74) is 1.07. The second-order valence-electron chi connectivity index (χ2n) is 7.38. The monoisotopic (exact) mass is 414 g/mol. The predicted molar refractivity (Wildman–Crippen MR) is 108 cm³/mol. The van der Waals surface area contributed by atoms with Crippen LogP contribution in [0.25, 0.3) is 5.69 Å². The van der Waals surface area contributed by atoms with Gasteiger partial charge in [0.15, 0.2) is 11.6 Å². The van der Waals surface area contributed by atoms with Crippen LogP contribution in [0.15, 0.2) is 48.8 Å². The average Bonchev–Trinajstić information content (AvgIpc) is 3.20. The molecule has 2 heterocycles. The van der Waals surface area contributed by atoms with Crippen LogP contribution in [-0.4, -0.2) is 29.9 Å². The van der Waals surface area contributed by atoms with Crippen molar-refractivity contribution in [2.45, 2.75) is 32.0 Å². The van der Waals surface area contributed by atoms with E-state index in [0.717, 1.165) is 23.1 Å². The first-order valence-corrected chi connectivity index (χ1v) is 9.87. The molecule has 2 aromatic carbocycles. The summed E-state index contributed by atoms with van der Waals surface area (Å²) in [6.07, 6.45) is 4.53. The van der Waals surface area contributed by atoms with Crippen molar-refractivity contribution in [1.82, 2.24) is 9.55 Å². The van der Waals surface area contributed by atoms with Crippen LogP contribution >= 0.6 is 0 Å². The maximum absolute atomic E-state index is 15.2. The fourth-order valence-corrected chi connectivity index (χ4v) is 3.85. The van der Waals surface area contributed by atoms with Crippen LogP contribution in [0.1, 0.15) is 29.8 Å². The van der Waals surface area contributed by atoms with Gasteiger partial charge in [-0.05, 0) is 30.7 Å². The molecule has 1 aromatic heterocycles. The van der Waals surface area contributed by atoms with Gasteiger partial charge in [-0.3, -0.25) is 0 Å². The number of nitrogens with zero attached hydrogens (tertiary/aromatic N) is 2. The van der Waals surface area contributed by atoms with Crippen molar-refractivity contribution in [3.63, 3.8) is 0 Å². The Morgan fingerprint density at radius 2 is 1.87 bits per heavy atom. The van der Waals surface area contributed by atoms with Gasteiger partial charge in [0.05, 0.1) is 0 Å². The number of benzene rings is 2. The van der Waals surface area contributed by atoms with Gasteiger partial charge in [-0.2, -0.15) is 0 Å². The summed E-state index contributed by atoms with van der Waals surface area (Å²) in [6.45, 7) is 2.91. The van der Waals surface area contributed by atoms with Gasteiger partial charge in [0.25, 0.3) is 0 Å². The standard InChI is InChI=1S/C23H24F2N2O3/c1-16-26-9-10-27(16)19-5-3-17(4-6-19)15-30-21-14-18(24)13-20(22(21)25)23(28-2)7-11-29-12-8-23/h3-6,9-10,13-14H,7-8,11-12,15H2,1-2H3. The van der Waals surface area contributed by atoms with Gasteiger partial charge in [-0.1, -0.05) is 12.1 Å². The zero-order chi connectivity index (χ0) is 21.1. The lowest BCUT2D eigenvalue weighted by atomic mass is 9.85. The Balaban J connectivity index is 1.54. The minimum atomic E-state index is -0.910. The van der Waals surface area contributed by atoms with Gasteiger partial charge >= 0.3 is 0 Å². The topological polar surface area (TPSA) is 45.5 Å². The lowest BCUT2D eigenvalue weighted by Crippen LogP contribution is -2.36. The molecular weight excluding hydrogens is 390 g/mol. The number of imidazole rings is 1. The van der Waals surface area contributed by atoms with Crippen LogP contribution in [-0.2, 0) is 21.7 Å². The smallest absolute Gasteiger partial charge is 0.171 e. The first-order chi connectivity index (χ1) is 14.5. The van der Waals surface area contributed by atoms with Crippen LogP contribution in [0.3, 0.4) is 0 Å². The van der Waals surface area contributed by atoms with E-state index in [2.05, 4.69) is 4.98 Å². The van der Waals surface area contributed by atoms with Crippen molar-refractivity contribution in [1.29, 1.82) is 0 Å². The summed E-state index contributed by atoms with van der Waals surface area (Å²) in [5, 5.41) is 0. The molecular formula is C23H24F2N2O3. The van der Waals surface area contributed by atoms with E-state index in [1.165, 1.54) is 13.2 Å². The van der Waals surface area contributed by atoms with Crippen molar-refractivity contribution >= 4 is 0 Å². The number of aromatic nitrogens is 2. The predicted octanol–water partition coefficient (Wildman–Crippen LogP) is 4.69. The third-order valence-electron chi connectivity index (χ3n) is 5.62. The summed E-state index contributed by atoms with van der Waals surface area (Å²) in [6, 6.07) is 9.92. The summed E-state index contributed by atoms with van der Waals surface area (Å²) >= 11 is 0. The molecule has 4 rings (SSSR count). The molecule has 1 fully saturated rings. The lowest BCUT2D eigenvalue weighted by molar-refractivity contribution is -0.0968. The zero-order valence-electron chi connectivity index (χ0n) is 17.0. The van der Waals surface area contributed by atoms with E-state index in [9.17, 15) is 4.39 Å². The van der Waals surface area contributed by atoms with E-state index in [0.29, 0.717) is 26.1 Å². The highest BCUT2D eigenvalue weighted by Gasteiger charge is 2.38. The molecule has 0 amide bonds. The normalized spacial score (nSPS) is 15.9. The minimum Gasteiger partial charge on any atom is -0.486 e. The van der Waals surface area contributed by atoms with E-state index in [1.54, 1.807) is 6.20 Å². The Hall–Kier alpha value is -2.77. The first kappa shape index (κ1) is 20.5. The molecule has 7 heteroatoms. The van der Waals surface area contributed by atoms with E-state index >= 15 is 4.39 Å². The van der Waals surface area contributed by atoms with Gasteiger partial charge in [0.2, 0.25) is 0 Å². The molecule has 0 spiro atoms. The maximum Gasteiger partial charge on any atom is 0.171 e. The number of ether oxygens (including phenoxy) is 3. The van der Waals surface area contributed by atoms with Gasteiger partial charge in [0.1, 0.15) is 23.8 Å². The lowest BCUT2D eigenvalue weighted by Gasteiger charge is -2.36. The molecule has 30 heavy (non-hydrogen) atoms. The summed E-state index contributed by atoms with van der Waals surface area (Å²) in [4.78, 5) is 4.21. The Morgan fingerprint density at radius 3 is 2.50 bits per heavy atom. The summed E-state index contributed by atoms with van der Waals surface area (Å²) in [5.74, 6) is -0.392. The second-order valence-corrected chi connectivity index (χ2v) is 7.38. The van der Waals surface area contributed by atoms with E-state index in [-0.39, 0.29) is 17.9 Å². The van der Waals surface area contributed by atoms with Crippen LogP contribution in [0.5, 0.6) is 5.75 Å².